The van der Waals surface area contributed by atoms with Crippen LogP contribution in [0, 0.1) is 0 Å². The lowest BCUT2D eigenvalue weighted by Gasteiger charge is -2.20. The average Bonchev–Trinajstić information content (AvgIpc) is 2.19. The topological polar surface area (TPSA) is 78.1 Å². The van der Waals surface area contributed by atoms with Gasteiger partial charge in [0.15, 0.2) is 0 Å². The molecule has 1 rings (SSSR count). The van der Waals surface area contributed by atoms with Crippen molar-refractivity contribution < 1.29 is 0 Å². The fourth-order valence-electron chi connectivity index (χ4n) is 1.32. The zero-order chi connectivity index (χ0) is 10.7. The Labute approximate surface area is 89.2 Å². The van der Waals surface area contributed by atoms with Gasteiger partial charge < -0.3 is 17.2 Å². The van der Waals surface area contributed by atoms with Crippen molar-refractivity contribution in [3.8, 4) is 0 Å². The number of hydrogen-bond acceptors (Lipinski definition) is 3. The SMILES string of the molecule is CC[C@H](N)[C@@H](N)c1cc(Cl)ccc1N. The smallest absolute Gasteiger partial charge is 0.0469 e. The van der Waals surface area contributed by atoms with Crippen molar-refractivity contribution in [2.24, 2.45) is 11.5 Å². The zero-order valence-electron chi connectivity index (χ0n) is 8.20. The van der Waals surface area contributed by atoms with Gasteiger partial charge in [-0.1, -0.05) is 18.5 Å². The first-order valence-corrected chi connectivity index (χ1v) is 5.00. The van der Waals surface area contributed by atoms with E-state index in [0.29, 0.717) is 10.7 Å². The third-order valence-electron chi connectivity index (χ3n) is 2.34. The molecule has 14 heavy (non-hydrogen) atoms. The minimum Gasteiger partial charge on any atom is -0.398 e. The lowest BCUT2D eigenvalue weighted by Crippen LogP contribution is -2.33. The molecule has 0 aliphatic carbocycles. The minimum absolute atomic E-state index is 0.0873. The van der Waals surface area contributed by atoms with Gasteiger partial charge in [0.25, 0.3) is 0 Å². The number of hydrogen-bond donors (Lipinski definition) is 3. The molecule has 0 radical (unpaired) electrons. The highest BCUT2D eigenvalue weighted by atomic mass is 35.5. The van der Waals surface area contributed by atoms with Crippen LogP contribution >= 0.6 is 11.6 Å². The maximum atomic E-state index is 5.96. The fourth-order valence-corrected chi connectivity index (χ4v) is 1.50. The van der Waals surface area contributed by atoms with Crippen LogP contribution in [0.3, 0.4) is 0 Å². The van der Waals surface area contributed by atoms with Crippen molar-refractivity contribution in [3.63, 3.8) is 0 Å². The van der Waals surface area contributed by atoms with Gasteiger partial charge in [-0.15, -0.1) is 0 Å². The van der Waals surface area contributed by atoms with Crippen LogP contribution in [0.4, 0.5) is 5.69 Å². The molecule has 0 bridgehead atoms. The summed E-state index contributed by atoms with van der Waals surface area (Å²) in [5.41, 5.74) is 19.1. The molecule has 0 heterocycles. The van der Waals surface area contributed by atoms with Crippen LogP contribution in [0.25, 0.3) is 0 Å². The van der Waals surface area contributed by atoms with E-state index in [9.17, 15) is 0 Å². The Hall–Kier alpha value is -0.770. The van der Waals surface area contributed by atoms with E-state index in [1.807, 2.05) is 6.92 Å². The summed E-state index contributed by atoms with van der Waals surface area (Å²) in [6.07, 6.45) is 0.813. The molecule has 1 aromatic rings. The Balaban J connectivity index is 2.99. The molecule has 0 saturated carbocycles. The Morgan fingerprint density at radius 3 is 2.57 bits per heavy atom. The molecule has 0 fully saturated rings. The van der Waals surface area contributed by atoms with E-state index < -0.39 is 0 Å². The Morgan fingerprint density at radius 1 is 1.36 bits per heavy atom. The van der Waals surface area contributed by atoms with Crippen LogP contribution < -0.4 is 17.2 Å². The molecule has 0 aliphatic rings. The molecule has 3 nitrogen and oxygen atoms in total. The van der Waals surface area contributed by atoms with Gasteiger partial charge in [-0.3, -0.25) is 0 Å². The third-order valence-corrected chi connectivity index (χ3v) is 2.58. The number of benzene rings is 1. The van der Waals surface area contributed by atoms with Crippen molar-refractivity contribution in [1.82, 2.24) is 0 Å². The molecule has 4 heteroatoms. The largest absolute Gasteiger partial charge is 0.398 e. The molecule has 0 aliphatic heterocycles. The maximum absolute atomic E-state index is 5.96. The minimum atomic E-state index is -0.251. The highest BCUT2D eigenvalue weighted by molar-refractivity contribution is 6.30. The summed E-state index contributed by atoms with van der Waals surface area (Å²) in [6, 6.07) is 4.93. The zero-order valence-corrected chi connectivity index (χ0v) is 8.96. The summed E-state index contributed by atoms with van der Waals surface area (Å²) < 4.78 is 0. The van der Waals surface area contributed by atoms with E-state index in [2.05, 4.69) is 0 Å². The first-order chi connectivity index (χ1) is 6.56. The second kappa shape index (κ2) is 4.64. The molecular weight excluding hydrogens is 198 g/mol. The number of anilines is 1. The Morgan fingerprint density at radius 2 is 2.00 bits per heavy atom. The van der Waals surface area contributed by atoms with Crippen LogP contribution in [0.1, 0.15) is 24.9 Å². The summed E-state index contributed by atoms with van der Waals surface area (Å²) in [4.78, 5) is 0. The standard InChI is InChI=1S/C10H16ClN3/c1-2-8(12)10(14)7-5-6(11)3-4-9(7)13/h3-5,8,10H,2,12-14H2,1H3/t8-,10-/m0/s1. The van der Waals surface area contributed by atoms with E-state index in [-0.39, 0.29) is 12.1 Å². The molecule has 6 N–H and O–H groups in total. The van der Waals surface area contributed by atoms with E-state index in [1.165, 1.54) is 0 Å². The van der Waals surface area contributed by atoms with Crippen LogP contribution in [0.2, 0.25) is 5.02 Å². The first kappa shape index (κ1) is 11.3. The molecule has 0 spiro atoms. The number of nitrogen functional groups attached to an aromatic ring is 1. The predicted octanol–water partition coefficient (Wildman–Crippen LogP) is 1.66. The molecule has 0 amide bonds. The molecule has 78 valence electrons. The monoisotopic (exact) mass is 213 g/mol. The summed E-state index contributed by atoms with van der Waals surface area (Å²) in [5.74, 6) is 0. The van der Waals surface area contributed by atoms with Gasteiger partial charge in [-0.25, -0.2) is 0 Å². The highest BCUT2D eigenvalue weighted by Crippen LogP contribution is 2.24. The molecule has 0 saturated heterocycles. The van der Waals surface area contributed by atoms with Crippen LogP contribution in [0.15, 0.2) is 18.2 Å². The fraction of sp³-hybridized carbons (Fsp3) is 0.400. The Bertz CT molecular complexity index is 314. The van der Waals surface area contributed by atoms with E-state index in [1.54, 1.807) is 18.2 Å². The third kappa shape index (κ3) is 2.38. The van der Waals surface area contributed by atoms with Gasteiger partial charge in [0.05, 0.1) is 0 Å². The average molecular weight is 214 g/mol. The van der Waals surface area contributed by atoms with Gasteiger partial charge in [-0.05, 0) is 30.2 Å². The summed E-state index contributed by atoms with van der Waals surface area (Å²) in [7, 11) is 0. The second-order valence-corrected chi connectivity index (χ2v) is 3.81. The van der Waals surface area contributed by atoms with Gasteiger partial charge in [0.1, 0.15) is 0 Å². The van der Waals surface area contributed by atoms with Crippen molar-refractivity contribution in [1.29, 1.82) is 0 Å². The van der Waals surface area contributed by atoms with Crippen molar-refractivity contribution in [2.45, 2.75) is 25.4 Å². The van der Waals surface area contributed by atoms with Gasteiger partial charge >= 0.3 is 0 Å². The van der Waals surface area contributed by atoms with Crippen LogP contribution in [-0.4, -0.2) is 6.04 Å². The normalized spacial score (nSPS) is 15.1. The van der Waals surface area contributed by atoms with Gasteiger partial charge in [0.2, 0.25) is 0 Å². The molecule has 0 aromatic heterocycles. The van der Waals surface area contributed by atoms with E-state index in [0.717, 1.165) is 12.0 Å². The Kier molecular flexibility index (Phi) is 3.75. The predicted molar refractivity (Wildman–Crippen MR) is 61.1 cm³/mol. The maximum Gasteiger partial charge on any atom is 0.0469 e. The molecular formula is C10H16ClN3. The first-order valence-electron chi connectivity index (χ1n) is 4.62. The number of halogens is 1. The van der Waals surface area contributed by atoms with Crippen LogP contribution in [0.5, 0.6) is 0 Å². The second-order valence-electron chi connectivity index (χ2n) is 3.37. The molecule has 1 aromatic carbocycles. The molecule has 2 atom stereocenters. The molecule has 0 unspecified atom stereocenters. The highest BCUT2D eigenvalue weighted by Gasteiger charge is 2.16. The van der Waals surface area contributed by atoms with E-state index in [4.69, 9.17) is 28.8 Å². The van der Waals surface area contributed by atoms with Crippen molar-refractivity contribution in [2.75, 3.05) is 5.73 Å². The van der Waals surface area contributed by atoms with Gasteiger partial charge in [0, 0.05) is 22.8 Å². The lowest BCUT2D eigenvalue weighted by molar-refractivity contribution is 0.534. The van der Waals surface area contributed by atoms with Crippen LogP contribution in [-0.2, 0) is 0 Å². The van der Waals surface area contributed by atoms with Crippen molar-refractivity contribution >= 4 is 17.3 Å². The summed E-state index contributed by atoms with van der Waals surface area (Å²) >= 11 is 5.86. The lowest BCUT2D eigenvalue weighted by atomic mass is 9.98. The summed E-state index contributed by atoms with van der Waals surface area (Å²) in [5, 5.41) is 0.632. The summed E-state index contributed by atoms with van der Waals surface area (Å²) in [6.45, 7) is 1.99. The van der Waals surface area contributed by atoms with E-state index >= 15 is 0 Å². The number of rotatable bonds is 3. The quantitative estimate of drug-likeness (QED) is 0.669. The van der Waals surface area contributed by atoms with Crippen molar-refractivity contribution in [3.05, 3.63) is 28.8 Å². The number of nitrogens with two attached hydrogens (primary N) is 3. The van der Waals surface area contributed by atoms with Gasteiger partial charge in [-0.2, -0.15) is 0 Å².